The van der Waals surface area contributed by atoms with E-state index in [0.29, 0.717) is 6.04 Å². The van der Waals surface area contributed by atoms with E-state index in [1.165, 1.54) is 0 Å². The highest BCUT2D eigenvalue weighted by Crippen LogP contribution is 2.22. The van der Waals surface area contributed by atoms with E-state index in [4.69, 9.17) is 0 Å². The Kier molecular flexibility index (Phi) is 3.03. The SMILES string of the molecule is CN(C)C1CCN(C(=O)c2c[nH]c3ccccc23)C1. The summed E-state index contributed by atoms with van der Waals surface area (Å²) in [6, 6.07) is 8.43. The lowest BCUT2D eigenvalue weighted by Crippen LogP contribution is -2.34. The highest BCUT2D eigenvalue weighted by Gasteiger charge is 2.29. The molecular weight excluding hydrogens is 238 g/mol. The number of aromatic nitrogens is 1. The Bertz CT molecular complexity index is 602. The van der Waals surface area contributed by atoms with Crippen molar-refractivity contribution in [2.24, 2.45) is 0 Å². The summed E-state index contributed by atoms with van der Waals surface area (Å²) in [5, 5.41) is 1.01. The molecule has 1 aromatic heterocycles. The maximum Gasteiger partial charge on any atom is 0.256 e. The third-order valence-electron chi connectivity index (χ3n) is 4.00. The van der Waals surface area contributed by atoms with E-state index in [2.05, 4.69) is 24.0 Å². The second kappa shape index (κ2) is 4.70. The van der Waals surface area contributed by atoms with E-state index in [1.807, 2.05) is 35.4 Å². The van der Waals surface area contributed by atoms with E-state index in [0.717, 1.165) is 36.0 Å². The molecule has 2 heterocycles. The molecular formula is C15H19N3O. The topological polar surface area (TPSA) is 39.3 Å². The number of likely N-dealkylation sites (tertiary alicyclic amines) is 1. The van der Waals surface area contributed by atoms with Gasteiger partial charge in [0.15, 0.2) is 0 Å². The van der Waals surface area contributed by atoms with Crippen LogP contribution in [-0.2, 0) is 0 Å². The second-order valence-electron chi connectivity index (χ2n) is 5.41. The summed E-state index contributed by atoms with van der Waals surface area (Å²) in [6.07, 6.45) is 2.89. The smallest absolute Gasteiger partial charge is 0.256 e. The van der Waals surface area contributed by atoms with Crippen molar-refractivity contribution in [2.75, 3.05) is 27.2 Å². The minimum Gasteiger partial charge on any atom is -0.360 e. The van der Waals surface area contributed by atoms with Gasteiger partial charge in [-0.25, -0.2) is 0 Å². The molecule has 2 aromatic rings. The Hall–Kier alpha value is -1.81. The van der Waals surface area contributed by atoms with Crippen molar-refractivity contribution >= 4 is 16.8 Å². The monoisotopic (exact) mass is 257 g/mol. The first-order valence-corrected chi connectivity index (χ1v) is 6.68. The Morgan fingerprint density at radius 3 is 2.89 bits per heavy atom. The van der Waals surface area contributed by atoms with Crippen molar-refractivity contribution in [3.05, 3.63) is 36.0 Å². The number of carbonyl (C=O) groups excluding carboxylic acids is 1. The van der Waals surface area contributed by atoms with Crippen LogP contribution in [0.4, 0.5) is 0 Å². The number of benzene rings is 1. The normalized spacial score (nSPS) is 19.5. The van der Waals surface area contributed by atoms with Crippen LogP contribution in [0.25, 0.3) is 10.9 Å². The molecule has 1 saturated heterocycles. The van der Waals surface area contributed by atoms with Gasteiger partial charge >= 0.3 is 0 Å². The molecule has 0 spiro atoms. The number of para-hydroxylation sites is 1. The minimum atomic E-state index is 0.141. The molecule has 0 saturated carbocycles. The van der Waals surface area contributed by atoms with Gasteiger partial charge in [-0.15, -0.1) is 0 Å². The highest BCUT2D eigenvalue weighted by atomic mass is 16.2. The molecule has 19 heavy (non-hydrogen) atoms. The van der Waals surface area contributed by atoms with E-state index < -0.39 is 0 Å². The van der Waals surface area contributed by atoms with Gasteiger partial charge in [0.1, 0.15) is 0 Å². The fourth-order valence-corrected chi connectivity index (χ4v) is 2.77. The van der Waals surface area contributed by atoms with Gasteiger partial charge in [0.05, 0.1) is 5.56 Å². The Morgan fingerprint density at radius 2 is 2.16 bits per heavy atom. The number of likely N-dealkylation sites (N-methyl/N-ethyl adjacent to an activating group) is 1. The number of aromatic amines is 1. The summed E-state index contributed by atoms with van der Waals surface area (Å²) in [4.78, 5) is 19.9. The van der Waals surface area contributed by atoms with E-state index in [1.54, 1.807) is 0 Å². The Balaban J connectivity index is 1.85. The zero-order valence-corrected chi connectivity index (χ0v) is 11.4. The van der Waals surface area contributed by atoms with Crippen molar-refractivity contribution in [1.82, 2.24) is 14.8 Å². The molecule has 4 heteroatoms. The summed E-state index contributed by atoms with van der Waals surface area (Å²) < 4.78 is 0. The third-order valence-corrected chi connectivity index (χ3v) is 4.00. The maximum absolute atomic E-state index is 12.6. The van der Waals surface area contributed by atoms with Crippen LogP contribution in [0.2, 0.25) is 0 Å². The summed E-state index contributed by atoms with van der Waals surface area (Å²) in [6.45, 7) is 1.67. The number of hydrogen-bond donors (Lipinski definition) is 1. The average Bonchev–Trinajstić information content (AvgIpc) is 3.05. The zero-order chi connectivity index (χ0) is 13.4. The molecule has 1 amide bonds. The Morgan fingerprint density at radius 1 is 1.37 bits per heavy atom. The van der Waals surface area contributed by atoms with Gasteiger partial charge in [0.2, 0.25) is 0 Å². The van der Waals surface area contributed by atoms with Gasteiger partial charge in [0, 0.05) is 36.2 Å². The van der Waals surface area contributed by atoms with Crippen molar-refractivity contribution < 1.29 is 4.79 Å². The number of hydrogen-bond acceptors (Lipinski definition) is 2. The first-order valence-electron chi connectivity index (χ1n) is 6.68. The highest BCUT2D eigenvalue weighted by molar-refractivity contribution is 6.06. The van der Waals surface area contributed by atoms with Crippen molar-refractivity contribution in [3.63, 3.8) is 0 Å². The molecule has 0 aliphatic carbocycles. The van der Waals surface area contributed by atoms with Gasteiger partial charge in [-0.05, 0) is 26.6 Å². The second-order valence-corrected chi connectivity index (χ2v) is 5.41. The molecule has 0 radical (unpaired) electrons. The first kappa shape index (κ1) is 12.2. The molecule has 4 nitrogen and oxygen atoms in total. The van der Waals surface area contributed by atoms with Crippen molar-refractivity contribution in [1.29, 1.82) is 0 Å². The molecule has 1 aromatic carbocycles. The number of fused-ring (bicyclic) bond motifs is 1. The maximum atomic E-state index is 12.6. The molecule has 1 N–H and O–H groups in total. The molecule has 1 unspecified atom stereocenters. The van der Waals surface area contributed by atoms with Crippen LogP contribution in [0, 0.1) is 0 Å². The lowest BCUT2D eigenvalue weighted by Gasteiger charge is -2.20. The fourth-order valence-electron chi connectivity index (χ4n) is 2.77. The van der Waals surface area contributed by atoms with Crippen LogP contribution in [0.15, 0.2) is 30.5 Å². The third kappa shape index (κ3) is 2.12. The van der Waals surface area contributed by atoms with E-state index in [-0.39, 0.29) is 5.91 Å². The standard InChI is InChI=1S/C15H19N3O/c1-17(2)11-7-8-18(10-11)15(19)13-9-16-14-6-4-3-5-12(13)14/h3-6,9,11,16H,7-8,10H2,1-2H3. The summed E-state index contributed by atoms with van der Waals surface area (Å²) >= 11 is 0. The van der Waals surface area contributed by atoms with Gasteiger partial charge < -0.3 is 14.8 Å². The molecule has 0 bridgehead atoms. The molecule has 1 aliphatic rings. The molecule has 100 valence electrons. The first-order chi connectivity index (χ1) is 9.16. The minimum absolute atomic E-state index is 0.141. The molecule has 1 fully saturated rings. The predicted molar refractivity (Wildman–Crippen MR) is 76.3 cm³/mol. The van der Waals surface area contributed by atoms with E-state index >= 15 is 0 Å². The van der Waals surface area contributed by atoms with Gasteiger partial charge in [-0.2, -0.15) is 0 Å². The van der Waals surface area contributed by atoms with Crippen LogP contribution in [0.3, 0.4) is 0 Å². The number of carbonyl (C=O) groups is 1. The van der Waals surface area contributed by atoms with Crippen LogP contribution < -0.4 is 0 Å². The number of H-pyrrole nitrogens is 1. The molecule has 1 atom stereocenters. The van der Waals surface area contributed by atoms with Gasteiger partial charge in [-0.3, -0.25) is 4.79 Å². The zero-order valence-electron chi connectivity index (χ0n) is 11.4. The van der Waals surface area contributed by atoms with Gasteiger partial charge in [-0.1, -0.05) is 18.2 Å². The van der Waals surface area contributed by atoms with E-state index in [9.17, 15) is 4.79 Å². The van der Waals surface area contributed by atoms with Crippen LogP contribution in [-0.4, -0.2) is 53.9 Å². The summed E-state index contributed by atoms with van der Waals surface area (Å²) in [5.74, 6) is 0.141. The fraction of sp³-hybridized carbons (Fsp3) is 0.400. The Labute approximate surface area is 113 Å². The summed E-state index contributed by atoms with van der Waals surface area (Å²) in [7, 11) is 4.15. The van der Waals surface area contributed by atoms with Crippen LogP contribution >= 0.6 is 0 Å². The van der Waals surface area contributed by atoms with Crippen LogP contribution in [0.1, 0.15) is 16.8 Å². The average molecular weight is 257 g/mol. The lowest BCUT2D eigenvalue weighted by molar-refractivity contribution is 0.0785. The van der Waals surface area contributed by atoms with Gasteiger partial charge in [0.25, 0.3) is 5.91 Å². The lowest BCUT2D eigenvalue weighted by atomic mass is 10.1. The quantitative estimate of drug-likeness (QED) is 0.893. The largest absolute Gasteiger partial charge is 0.360 e. The number of amides is 1. The number of rotatable bonds is 2. The molecule has 3 rings (SSSR count). The predicted octanol–water partition coefficient (Wildman–Crippen LogP) is 1.94. The van der Waals surface area contributed by atoms with Crippen molar-refractivity contribution in [2.45, 2.75) is 12.5 Å². The van der Waals surface area contributed by atoms with Crippen molar-refractivity contribution in [3.8, 4) is 0 Å². The van der Waals surface area contributed by atoms with Crippen LogP contribution in [0.5, 0.6) is 0 Å². The number of nitrogens with zero attached hydrogens (tertiary/aromatic N) is 2. The summed E-state index contributed by atoms with van der Waals surface area (Å²) in [5.41, 5.74) is 1.81. The number of nitrogens with one attached hydrogen (secondary N) is 1. The molecule has 1 aliphatic heterocycles.